The number of halogens is 1. The van der Waals surface area contributed by atoms with Crippen LogP contribution in [0.15, 0.2) is 22.8 Å². The second-order valence-corrected chi connectivity index (χ2v) is 5.18. The summed E-state index contributed by atoms with van der Waals surface area (Å²) in [5.74, 6) is 0.128. The van der Waals surface area contributed by atoms with Crippen molar-refractivity contribution in [3.8, 4) is 0 Å². The number of carbonyl (C=O) groups is 1. The molecule has 17 heavy (non-hydrogen) atoms. The highest BCUT2D eigenvalue weighted by Crippen LogP contribution is 2.12. The average Bonchev–Trinajstić information content (AvgIpc) is 2.25. The van der Waals surface area contributed by atoms with Crippen molar-refractivity contribution in [1.29, 1.82) is 0 Å². The van der Waals surface area contributed by atoms with Gasteiger partial charge >= 0.3 is 0 Å². The molecule has 0 aliphatic carbocycles. The van der Waals surface area contributed by atoms with Crippen molar-refractivity contribution in [2.75, 3.05) is 6.54 Å². The molecule has 1 aromatic heterocycles. The minimum Gasteiger partial charge on any atom is -0.391 e. The van der Waals surface area contributed by atoms with Gasteiger partial charge in [-0.05, 0) is 40.4 Å². The molecule has 0 radical (unpaired) electrons. The highest BCUT2D eigenvalue weighted by molar-refractivity contribution is 9.10. The Bertz CT molecular complexity index is 383. The number of amides is 1. The van der Waals surface area contributed by atoms with Gasteiger partial charge in [0, 0.05) is 17.2 Å². The Kier molecular flexibility index (Phi) is 5.58. The third kappa shape index (κ3) is 4.83. The van der Waals surface area contributed by atoms with E-state index in [4.69, 9.17) is 0 Å². The van der Waals surface area contributed by atoms with E-state index in [9.17, 15) is 9.90 Å². The Morgan fingerprint density at radius 1 is 1.59 bits per heavy atom. The SMILES string of the molecule is CC(C)CC(O)CNC(=O)c1ncccc1Br. The fraction of sp³-hybridized carbons (Fsp3) is 0.500. The van der Waals surface area contributed by atoms with Gasteiger partial charge < -0.3 is 10.4 Å². The molecule has 0 spiro atoms. The molecule has 1 rings (SSSR count). The predicted octanol–water partition coefficient (Wildman–Crippen LogP) is 1.98. The lowest BCUT2D eigenvalue weighted by molar-refractivity contribution is 0.0894. The van der Waals surface area contributed by atoms with Crippen LogP contribution >= 0.6 is 15.9 Å². The Morgan fingerprint density at radius 3 is 2.88 bits per heavy atom. The van der Waals surface area contributed by atoms with Crippen molar-refractivity contribution in [2.24, 2.45) is 5.92 Å². The van der Waals surface area contributed by atoms with E-state index in [1.807, 2.05) is 13.8 Å². The first-order valence-corrected chi connectivity index (χ1v) is 6.36. The average molecular weight is 301 g/mol. The molecule has 1 aromatic rings. The van der Waals surface area contributed by atoms with Crippen LogP contribution in [0.5, 0.6) is 0 Å². The number of rotatable bonds is 5. The Balaban J connectivity index is 2.48. The molecule has 1 amide bonds. The summed E-state index contributed by atoms with van der Waals surface area (Å²) in [4.78, 5) is 15.7. The Labute approximate surface area is 110 Å². The largest absolute Gasteiger partial charge is 0.391 e. The number of pyridine rings is 1. The van der Waals surface area contributed by atoms with Crippen LogP contribution < -0.4 is 5.32 Å². The van der Waals surface area contributed by atoms with E-state index in [0.717, 1.165) is 0 Å². The van der Waals surface area contributed by atoms with Crippen molar-refractivity contribution < 1.29 is 9.90 Å². The molecule has 0 saturated heterocycles. The maximum Gasteiger partial charge on any atom is 0.271 e. The molecule has 0 aliphatic heterocycles. The summed E-state index contributed by atoms with van der Waals surface area (Å²) in [5.41, 5.74) is 0.337. The highest BCUT2D eigenvalue weighted by atomic mass is 79.9. The fourth-order valence-electron chi connectivity index (χ4n) is 1.47. The molecule has 2 N–H and O–H groups in total. The third-order valence-corrected chi connectivity index (χ3v) is 2.86. The van der Waals surface area contributed by atoms with Gasteiger partial charge in [0.05, 0.1) is 6.10 Å². The highest BCUT2D eigenvalue weighted by Gasteiger charge is 2.13. The molecule has 0 fully saturated rings. The number of nitrogens with zero attached hydrogens (tertiary/aromatic N) is 1. The van der Waals surface area contributed by atoms with Gasteiger partial charge in [0.25, 0.3) is 5.91 Å². The Hall–Kier alpha value is -0.940. The lowest BCUT2D eigenvalue weighted by atomic mass is 10.1. The molecule has 94 valence electrons. The molecule has 0 bridgehead atoms. The second kappa shape index (κ2) is 6.71. The van der Waals surface area contributed by atoms with Gasteiger partial charge in [0.2, 0.25) is 0 Å². The first kappa shape index (κ1) is 14.1. The van der Waals surface area contributed by atoms with Gasteiger partial charge in [-0.2, -0.15) is 0 Å². The molecule has 1 unspecified atom stereocenters. The number of aliphatic hydroxyl groups excluding tert-OH is 1. The van der Waals surface area contributed by atoms with Crippen LogP contribution in [-0.4, -0.2) is 28.6 Å². The van der Waals surface area contributed by atoms with Crippen LogP contribution in [0.25, 0.3) is 0 Å². The maximum atomic E-state index is 11.7. The Morgan fingerprint density at radius 2 is 2.29 bits per heavy atom. The van der Waals surface area contributed by atoms with Crippen molar-refractivity contribution >= 4 is 21.8 Å². The second-order valence-electron chi connectivity index (χ2n) is 4.33. The summed E-state index contributed by atoms with van der Waals surface area (Å²) in [7, 11) is 0. The predicted molar refractivity (Wildman–Crippen MR) is 69.7 cm³/mol. The van der Waals surface area contributed by atoms with Gasteiger partial charge in [0.1, 0.15) is 5.69 Å². The van der Waals surface area contributed by atoms with Crippen LogP contribution in [0.3, 0.4) is 0 Å². The summed E-state index contributed by atoms with van der Waals surface area (Å²) >= 11 is 3.26. The smallest absolute Gasteiger partial charge is 0.271 e. The molecule has 1 atom stereocenters. The molecule has 0 aromatic carbocycles. The number of hydrogen-bond donors (Lipinski definition) is 2. The third-order valence-electron chi connectivity index (χ3n) is 2.22. The molecule has 0 aliphatic rings. The molecular weight excluding hydrogens is 284 g/mol. The molecular formula is C12H17BrN2O2. The van der Waals surface area contributed by atoms with Crippen LogP contribution in [0.1, 0.15) is 30.8 Å². The molecule has 1 heterocycles. The van der Waals surface area contributed by atoms with E-state index in [2.05, 4.69) is 26.2 Å². The standard InChI is InChI=1S/C12H17BrN2O2/c1-8(2)6-9(16)7-15-12(17)11-10(13)4-3-5-14-11/h3-5,8-9,16H,6-7H2,1-2H3,(H,15,17). The fourth-order valence-corrected chi connectivity index (χ4v) is 1.91. The number of nitrogens with one attached hydrogen (secondary N) is 1. The van der Waals surface area contributed by atoms with Crippen LogP contribution in [0, 0.1) is 5.92 Å². The van der Waals surface area contributed by atoms with Crippen LogP contribution in [0.4, 0.5) is 0 Å². The van der Waals surface area contributed by atoms with E-state index >= 15 is 0 Å². The molecule has 5 heteroatoms. The minimum atomic E-state index is -0.513. The van der Waals surface area contributed by atoms with Gasteiger partial charge in [-0.15, -0.1) is 0 Å². The summed E-state index contributed by atoms with van der Waals surface area (Å²) < 4.78 is 0.649. The number of aromatic nitrogens is 1. The van der Waals surface area contributed by atoms with E-state index in [1.165, 1.54) is 0 Å². The van der Waals surface area contributed by atoms with Crippen LogP contribution in [-0.2, 0) is 0 Å². The van der Waals surface area contributed by atoms with Crippen LogP contribution in [0.2, 0.25) is 0 Å². The topological polar surface area (TPSA) is 62.2 Å². The summed E-state index contributed by atoms with van der Waals surface area (Å²) in [6.45, 7) is 4.31. The van der Waals surface area contributed by atoms with Gasteiger partial charge in [-0.25, -0.2) is 4.98 Å². The van der Waals surface area contributed by atoms with E-state index < -0.39 is 6.10 Å². The zero-order valence-corrected chi connectivity index (χ0v) is 11.6. The van der Waals surface area contributed by atoms with E-state index in [0.29, 0.717) is 22.5 Å². The quantitative estimate of drug-likeness (QED) is 0.874. The first-order valence-electron chi connectivity index (χ1n) is 5.57. The van der Waals surface area contributed by atoms with Gasteiger partial charge in [0.15, 0.2) is 0 Å². The van der Waals surface area contributed by atoms with Crippen molar-refractivity contribution in [1.82, 2.24) is 10.3 Å². The lowest BCUT2D eigenvalue weighted by Gasteiger charge is -2.13. The normalized spacial score (nSPS) is 12.5. The first-order chi connectivity index (χ1) is 8.00. The monoisotopic (exact) mass is 300 g/mol. The summed E-state index contributed by atoms with van der Waals surface area (Å²) in [6.07, 6.45) is 1.72. The zero-order valence-electron chi connectivity index (χ0n) is 9.98. The van der Waals surface area contributed by atoms with E-state index in [1.54, 1.807) is 18.3 Å². The molecule has 0 saturated carbocycles. The summed E-state index contributed by atoms with van der Waals surface area (Å²) in [5, 5.41) is 12.3. The molecule has 4 nitrogen and oxygen atoms in total. The number of aliphatic hydroxyl groups is 1. The van der Waals surface area contributed by atoms with Crippen molar-refractivity contribution in [2.45, 2.75) is 26.4 Å². The van der Waals surface area contributed by atoms with Gasteiger partial charge in [-0.3, -0.25) is 4.79 Å². The summed E-state index contributed by atoms with van der Waals surface area (Å²) in [6, 6.07) is 3.50. The van der Waals surface area contributed by atoms with Crippen molar-refractivity contribution in [3.63, 3.8) is 0 Å². The number of carbonyl (C=O) groups excluding carboxylic acids is 1. The maximum absolute atomic E-state index is 11.7. The van der Waals surface area contributed by atoms with Gasteiger partial charge in [-0.1, -0.05) is 13.8 Å². The number of hydrogen-bond acceptors (Lipinski definition) is 3. The van der Waals surface area contributed by atoms with Crippen molar-refractivity contribution in [3.05, 3.63) is 28.5 Å². The minimum absolute atomic E-state index is 0.250. The van der Waals surface area contributed by atoms with E-state index in [-0.39, 0.29) is 12.5 Å². The lowest BCUT2D eigenvalue weighted by Crippen LogP contribution is -2.33. The zero-order chi connectivity index (χ0) is 12.8.